The lowest BCUT2D eigenvalue weighted by molar-refractivity contribution is 0.179. The van der Waals surface area contributed by atoms with Crippen LogP contribution in [0.2, 0.25) is 0 Å². The van der Waals surface area contributed by atoms with Crippen LogP contribution < -0.4 is 5.32 Å². The Morgan fingerprint density at radius 3 is 2.85 bits per heavy atom. The van der Waals surface area contributed by atoms with Gasteiger partial charge >= 0.3 is 0 Å². The Balaban J connectivity index is 2.69. The number of thiophene rings is 1. The van der Waals surface area contributed by atoms with Gasteiger partial charge in [0.25, 0.3) is 0 Å². The molecule has 74 valence electrons. The predicted octanol–water partition coefficient (Wildman–Crippen LogP) is 2.01. The number of aryl methyl sites for hydroxylation is 1. The highest BCUT2D eigenvalue weighted by molar-refractivity contribution is 7.10. The maximum atomic E-state index is 5.20. The maximum absolute atomic E-state index is 5.20. The minimum absolute atomic E-state index is 0.495. The van der Waals surface area contributed by atoms with Gasteiger partial charge in [0.1, 0.15) is 0 Å². The second-order valence-corrected chi connectivity index (χ2v) is 4.13. The minimum atomic E-state index is 0.495. The van der Waals surface area contributed by atoms with E-state index in [1.54, 1.807) is 7.11 Å². The average Bonchev–Trinajstić information content (AvgIpc) is 2.51. The molecule has 2 nitrogen and oxygen atoms in total. The zero-order valence-corrected chi connectivity index (χ0v) is 9.28. The van der Waals surface area contributed by atoms with Crippen LogP contribution in [0.25, 0.3) is 0 Å². The molecule has 0 bridgehead atoms. The minimum Gasteiger partial charge on any atom is -0.384 e. The highest BCUT2D eigenvalue weighted by Gasteiger charge is 2.13. The third-order valence-electron chi connectivity index (χ3n) is 2.09. The van der Waals surface area contributed by atoms with Gasteiger partial charge in [-0.15, -0.1) is 11.3 Å². The van der Waals surface area contributed by atoms with Gasteiger partial charge in [0.05, 0.1) is 6.61 Å². The standard InChI is InChI=1S/C10H17NOS/c1-8-4-5-13-10(8)9(6-11-2)7-12-3/h4-5,9,11H,6-7H2,1-3H3. The molecule has 0 aliphatic carbocycles. The van der Waals surface area contributed by atoms with Crippen molar-refractivity contribution in [1.82, 2.24) is 5.32 Å². The molecular formula is C10H17NOS. The summed E-state index contributed by atoms with van der Waals surface area (Å²) in [5, 5.41) is 5.34. The van der Waals surface area contributed by atoms with Crippen molar-refractivity contribution >= 4 is 11.3 Å². The van der Waals surface area contributed by atoms with Gasteiger partial charge < -0.3 is 10.1 Å². The number of ether oxygens (including phenoxy) is 1. The predicted molar refractivity (Wildman–Crippen MR) is 57.6 cm³/mol. The lowest BCUT2D eigenvalue weighted by Crippen LogP contribution is -2.20. The highest BCUT2D eigenvalue weighted by Crippen LogP contribution is 2.25. The van der Waals surface area contributed by atoms with E-state index < -0.39 is 0 Å². The molecule has 3 heteroatoms. The summed E-state index contributed by atoms with van der Waals surface area (Å²) >= 11 is 1.82. The van der Waals surface area contributed by atoms with Crippen molar-refractivity contribution in [2.45, 2.75) is 12.8 Å². The van der Waals surface area contributed by atoms with Crippen molar-refractivity contribution in [3.05, 3.63) is 21.9 Å². The summed E-state index contributed by atoms with van der Waals surface area (Å²) in [4.78, 5) is 1.44. The van der Waals surface area contributed by atoms with Crippen LogP contribution in [-0.4, -0.2) is 27.3 Å². The van der Waals surface area contributed by atoms with E-state index >= 15 is 0 Å². The maximum Gasteiger partial charge on any atom is 0.0551 e. The summed E-state index contributed by atoms with van der Waals surface area (Å²) in [6.07, 6.45) is 0. The van der Waals surface area contributed by atoms with Crippen LogP contribution in [0.15, 0.2) is 11.4 Å². The molecular weight excluding hydrogens is 182 g/mol. The first kappa shape index (κ1) is 10.7. The Bertz CT molecular complexity index is 241. The Morgan fingerprint density at radius 2 is 2.38 bits per heavy atom. The van der Waals surface area contributed by atoms with Gasteiger partial charge in [-0.2, -0.15) is 0 Å². The van der Waals surface area contributed by atoms with Gasteiger partial charge in [-0.3, -0.25) is 0 Å². The van der Waals surface area contributed by atoms with Crippen molar-refractivity contribution in [3.8, 4) is 0 Å². The smallest absolute Gasteiger partial charge is 0.0551 e. The van der Waals surface area contributed by atoms with E-state index in [4.69, 9.17) is 4.74 Å². The molecule has 0 saturated carbocycles. The molecule has 0 aliphatic rings. The number of rotatable bonds is 5. The van der Waals surface area contributed by atoms with E-state index in [1.165, 1.54) is 10.4 Å². The summed E-state index contributed by atoms with van der Waals surface area (Å²) in [6, 6.07) is 2.16. The van der Waals surface area contributed by atoms with Crippen LogP contribution in [0.5, 0.6) is 0 Å². The van der Waals surface area contributed by atoms with E-state index in [9.17, 15) is 0 Å². The molecule has 1 heterocycles. The first-order chi connectivity index (χ1) is 6.29. The molecule has 0 fully saturated rings. The molecule has 0 spiro atoms. The fourth-order valence-corrected chi connectivity index (χ4v) is 2.49. The van der Waals surface area contributed by atoms with Gasteiger partial charge in [-0.05, 0) is 31.0 Å². The van der Waals surface area contributed by atoms with E-state index in [2.05, 4.69) is 23.7 Å². The summed E-state index contributed by atoms with van der Waals surface area (Å²) in [5.74, 6) is 0.495. The van der Waals surface area contributed by atoms with Gasteiger partial charge in [0.15, 0.2) is 0 Å². The Hall–Kier alpha value is -0.380. The Morgan fingerprint density at radius 1 is 1.62 bits per heavy atom. The number of nitrogens with one attached hydrogen (secondary N) is 1. The van der Waals surface area contributed by atoms with Crippen molar-refractivity contribution in [3.63, 3.8) is 0 Å². The van der Waals surface area contributed by atoms with Crippen molar-refractivity contribution in [2.75, 3.05) is 27.3 Å². The summed E-state index contributed by atoms with van der Waals surface area (Å²) < 4.78 is 5.20. The van der Waals surface area contributed by atoms with Crippen molar-refractivity contribution in [2.24, 2.45) is 0 Å². The van der Waals surface area contributed by atoms with Crippen LogP contribution in [-0.2, 0) is 4.74 Å². The fraction of sp³-hybridized carbons (Fsp3) is 0.600. The Labute approximate surface area is 83.9 Å². The number of methoxy groups -OCH3 is 1. The first-order valence-electron chi connectivity index (χ1n) is 4.47. The monoisotopic (exact) mass is 199 g/mol. The second kappa shape index (κ2) is 5.37. The molecule has 1 N–H and O–H groups in total. The SMILES string of the molecule is CNCC(COC)c1sccc1C. The molecule has 0 aliphatic heterocycles. The number of likely N-dealkylation sites (N-methyl/N-ethyl adjacent to an activating group) is 1. The van der Waals surface area contributed by atoms with E-state index in [0.717, 1.165) is 13.2 Å². The van der Waals surface area contributed by atoms with Gasteiger partial charge in [0.2, 0.25) is 0 Å². The quantitative estimate of drug-likeness (QED) is 0.783. The normalized spacial score (nSPS) is 13.2. The molecule has 0 aromatic carbocycles. The fourth-order valence-electron chi connectivity index (χ4n) is 1.48. The van der Waals surface area contributed by atoms with Gasteiger partial charge in [-0.25, -0.2) is 0 Å². The largest absolute Gasteiger partial charge is 0.384 e. The molecule has 0 radical (unpaired) electrons. The van der Waals surface area contributed by atoms with Crippen LogP contribution in [0.1, 0.15) is 16.4 Å². The van der Waals surface area contributed by atoms with E-state index in [-0.39, 0.29) is 0 Å². The molecule has 1 rings (SSSR count). The number of hydrogen-bond donors (Lipinski definition) is 1. The van der Waals surface area contributed by atoms with E-state index in [0.29, 0.717) is 5.92 Å². The summed E-state index contributed by atoms with van der Waals surface area (Å²) in [5.41, 5.74) is 1.38. The molecule has 0 amide bonds. The van der Waals surface area contributed by atoms with Crippen molar-refractivity contribution < 1.29 is 4.74 Å². The van der Waals surface area contributed by atoms with Crippen LogP contribution in [0.4, 0.5) is 0 Å². The first-order valence-corrected chi connectivity index (χ1v) is 5.35. The zero-order chi connectivity index (χ0) is 9.68. The van der Waals surface area contributed by atoms with Crippen molar-refractivity contribution in [1.29, 1.82) is 0 Å². The van der Waals surface area contributed by atoms with Crippen LogP contribution in [0.3, 0.4) is 0 Å². The molecule has 1 aromatic heterocycles. The van der Waals surface area contributed by atoms with Gasteiger partial charge in [-0.1, -0.05) is 0 Å². The Kier molecular flexibility index (Phi) is 4.42. The topological polar surface area (TPSA) is 21.3 Å². The lowest BCUT2D eigenvalue weighted by Gasteiger charge is -2.14. The van der Waals surface area contributed by atoms with E-state index in [1.807, 2.05) is 18.4 Å². The van der Waals surface area contributed by atoms with Crippen LogP contribution >= 0.6 is 11.3 Å². The second-order valence-electron chi connectivity index (χ2n) is 3.18. The molecule has 1 aromatic rings. The van der Waals surface area contributed by atoms with Crippen LogP contribution in [0, 0.1) is 6.92 Å². The zero-order valence-electron chi connectivity index (χ0n) is 8.46. The third-order valence-corrected chi connectivity index (χ3v) is 3.27. The molecule has 1 atom stereocenters. The lowest BCUT2D eigenvalue weighted by atomic mass is 10.1. The molecule has 0 saturated heterocycles. The molecule has 1 unspecified atom stereocenters. The third kappa shape index (κ3) is 2.79. The number of hydrogen-bond acceptors (Lipinski definition) is 3. The average molecular weight is 199 g/mol. The highest BCUT2D eigenvalue weighted by atomic mass is 32.1. The summed E-state index contributed by atoms with van der Waals surface area (Å²) in [7, 11) is 3.73. The van der Waals surface area contributed by atoms with Gasteiger partial charge in [0, 0.05) is 24.4 Å². The molecule has 13 heavy (non-hydrogen) atoms. The summed E-state index contributed by atoms with van der Waals surface area (Å²) in [6.45, 7) is 3.93.